The molecule has 0 saturated carbocycles. The molecule has 0 unspecified atom stereocenters. The first-order valence-corrected chi connectivity index (χ1v) is 9.22. The van der Waals surface area contributed by atoms with Gasteiger partial charge in [-0.25, -0.2) is 0 Å². The molecule has 0 saturated heterocycles. The summed E-state index contributed by atoms with van der Waals surface area (Å²) in [6.45, 7) is 10.7. The van der Waals surface area contributed by atoms with E-state index in [1.165, 1.54) is 0 Å². The van der Waals surface area contributed by atoms with E-state index in [4.69, 9.17) is 0 Å². The topological polar surface area (TPSA) is 49.4 Å². The number of carbonyl (C=O) groups is 2. The van der Waals surface area contributed by atoms with Crippen LogP contribution in [0.3, 0.4) is 0 Å². The fourth-order valence-electron chi connectivity index (χ4n) is 2.52. The van der Waals surface area contributed by atoms with Gasteiger partial charge in [-0.15, -0.1) is 0 Å². The molecule has 0 aliphatic carbocycles. The van der Waals surface area contributed by atoms with Gasteiger partial charge in [-0.1, -0.05) is 34.1 Å². The fraction of sp³-hybridized carbons (Fsp3) is 0.238. The number of rotatable bonds is 6. The van der Waals surface area contributed by atoms with E-state index in [1.807, 2.05) is 39.0 Å². The third-order valence-electron chi connectivity index (χ3n) is 3.97. The molecule has 5 heteroatoms. The Bertz CT molecular complexity index is 828. The highest BCUT2D eigenvalue weighted by Crippen LogP contribution is 2.20. The Morgan fingerprint density at radius 1 is 1.12 bits per heavy atom. The molecule has 0 aliphatic heterocycles. The van der Waals surface area contributed by atoms with Crippen molar-refractivity contribution in [1.82, 2.24) is 4.90 Å². The molecule has 0 bridgehead atoms. The van der Waals surface area contributed by atoms with Crippen molar-refractivity contribution in [3.8, 4) is 0 Å². The van der Waals surface area contributed by atoms with Gasteiger partial charge in [0.1, 0.15) is 0 Å². The van der Waals surface area contributed by atoms with Crippen LogP contribution in [0.2, 0.25) is 0 Å². The Labute approximate surface area is 163 Å². The van der Waals surface area contributed by atoms with E-state index in [-0.39, 0.29) is 11.8 Å². The first-order valence-electron chi connectivity index (χ1n) is 8.43. The van der Waals surface area contributed by atoms with Crippen molar-refractivity contribution in [2.24, 2.45) is 0 Å². The average molecular weight is 415 g/mol. The molecule has 2 amide bonds. The molecule has 0 fully saturated rings. The summed E-state index contributed by atoms with van der Waals surface area (Å²) in [6, 6.07) is 12.5. The third-order valence-corrected chi connectivity index (χ3v) is 4.50. The van der Waals surface area contributed by atoms with Crippen LogP contribution in [0.5, 0.6) is 0 Å². The lowest BCUT2D eigenvalue weighted by molar-refractivity contribution is 0.0778. The van der Waals surface area contributed by atoms with Crippen LogP contribution in [0.1, 0.15) is 40.1 Å². The van der Waals surface area contributed by atoms with Crippen LogP contribution >= 0.6 is 15.9 Å². The second kappa shape index (κ2) is 8.81. The minimum Gasteiger partial charge on any atom is -0.335 e. The van der Waals surface area contributed by atoms with Gasteiger partial charge >= 0.3 is 0 Å². The summed E-state index contributed by atoms with van der Waals surface area (Å²) in [5.74, 6) is -0.283. The SMILES string of the molecule is C=C(C)CN(CC)C(=O)c1ccc(C)c(NC(=O)c2ccc(Br)cc2)c1. The highest BCUT2D eigenvalue weighted by Gasteiger charge is 2.16. The molecule has 136 valence electrons. The first-order chi connectivity index (χ1) is 12.3. The van der Waals surface area contributed by atoms with Crippen molar-refractivity contribution < 1.29 is 9.59 Å². The van der Waals surface area contributed by atoms with Gasteiger partial charge in [-0.3, -0.25) is 9.59 Å². The Morgan fingerprint density at radius 2 is 1.73 bits per heavy atom. The molecular formula is C21H23BrN2O2. The number of benzene rings is 2. The summed E-state index contributed by atoms with van der Waals surface area (Å²) in [6.07, 6.45) is 0. The normalized spacial score (nSPS) is 10.3. The number of aryl methyl sites for hydroxylation is 1. The molecule has 0 aromatic heterocycles. The number of hydrogen-bond donors (Lipinski definition) is 1. The van der Waals surface area contributed by atoms with E-state index in [0.717, 1.165) is 15.6 Å². The molecule has 2 aromatic carbocycles. The smallest absolute Gasteiger partial charge is 0.255 e. The van der Waals surface area contributed by atoms with Crippen molar-refractivity contribution in [3.63, 3.8) is 0 Å². The monoisotopic (exact) mass is 414 g/mol. The molecule has 2 aromatic rings. The second-order valence-corrected chi connectivity index (χ2v) is 7.18. The lowest BCUT2D eigenvalue weighted by Gasteiger charge is -2.21. The van der Waals surface area contributed by atoms with E-state index >= 15 is 0 Å². The Hall–Kier alpha value is -2.40. The van der Waals surface area contributed by atoms with E-state index in [9.17, 15) is 9.59 Å². The summed E-state index contributed by atoms with van der Waals surface area (Å²) in [4.78, 5) is 26.9. The highest BCUT2D eigenvalue weighted by atomic mass is 79.9. The molecule has 0 aliphatic rings. The van der Waals surface area contributed by atoms with Gasteiger partial charge in [0.15, 0.2) is 0 Å². The number of nitrogens with one attached hydrogen (secondary N) is 1. The number of carbonyl (C=O) groups excluding carboxylic acids is 2. The van der Waals surface area contributed by atoms with Crippen molar-refractivity contribution >= 4 is 33.4 Å². The minimum absolute atomic E-state index is 0.0744. The number of anilines is 1. The summed E-state index contributed by atoms with van der Waals surface area (Å²) in [7, 11) is 0. The van der Waals surface area contributed by atoms with Crippen LogP contribution in [0.25, 0.3) is 0 Å². The number of amides is 2. The van der Waals surface area contributed by atoms with Gasteiger partial charge in [-0.05, 0) is 62.7 Å². The number of nitrogens with zero attached hydrogens (tertiary/aromatic N) is 1. The molecule has 26 heavy (non-hydrogen) atoms. The number of likely N-dealkylation sites (N-methyl/N-ethyl adjacent to an activating group) is 1. The van der Waals surface area contributed by atoms with E-state index in [0.29, 0.717) is 29.9 Å². The standard InChI is InChI=1S/C21H23BrN2O2/c1-5-24(13-14(2)3)21(26)17-7-6-15(4)19(12-17)23-20(25)16-8-10-18(22)11-9-16/h6-12H,2,5,13H2,1,3-4H3,(H,23,25). The second-order valence-electron chi connectivity index (χ2n) is 6.27. The van der Waals surface area contributed by atoms with Gasteiger partial charge in [0, 0.05) is 34.4 Å². The molecule has 1 N–H and O–H groups in total. The number of halogens is 1. The largest absolute Gasteiger partial charge is 0.335 e. The summed E-state index contributed by atoms with van der Waals surface area (Å²) in [5, 5.41) is 2.90. The lowest BCUT2D eigenvalue weighted by Crippen LogP contribution is -2.32. The van der Waals surface area contributed by atoms with Crippen molar-refractivity contribution in [2.45, 2.75) is 20.8 Å². The Balaban J connectivity index is 2.23. The fourth-order valence-corrected chi connectivity index (χ4v) is 2.79. The first kappa shape index (κ1) is 19.9. The van der Waals surface area contributed by atoms with Crippen molar-refractivity contribution in [1.29, 1.82) is 0 Å². The van der Waals surface area contributed by atoms with Crippen molar-refractivity contribution in [3.05, 3.63) is 75.8 Å². The molecule has 0 atom stereocenters. The van der Waals surface area contributed by atoms with Crippen LogP contribution in [-0.2, 0) is 0 Å². The van der Waals surface area contributed by atoms with E-state index in [1.54, 1.807) is 29.2 Å². The van der Waals surface area contributed by atoms with Crippen LogP contribution in [0.4, 0.5) is 5.69 Å². The minimum atomic E-state index is -0.209. The highest BCUT2D eigenvalue weighted by molar-refractivity contribution is 9.10. The predicted octanol–water partition coefficient (Wildman–Crippen LogP) is 5.05. The maximum absolute atomic E-state index is 12.7. The van der Waals surface area contributed by atoms with Crippen molar-refractivity contribution in [2.75, 3.05) is 18.4 Å². The average Bonchev–Trinajstić information content (AvgIpc) is 2.61. The van der Waals surface area contributed by atoms with Gasteiger partial charge in [-0.2, -0.15) is 0 Å². The molecule has 0 radical (unpaired) electrons. The van der Waals surface area contributed by atoms with Gasteiger partial charge in [0.25, 0.3) is 11.8 Å². The Kier molecular flexibility index (Phi) is 6.75. The predicted molar refractivity (Wildman–Crippen MR) is 110 cm³/mol. The molecule has 0 spiro atoms. The maximum atomic E-state index is 12.7. The lowest BCUT2D eigenvalue weighted by atomic mass is 10.1. The third kappa shape index (κ3) is 5.05. The summed E-state index contributed by atoms with van der Waals surface area (Å²) >= 11 is 3.36. The van der Waals surface area contributed by atoms with Crippen LogP contribution < -0.4 is 5.32 Å². The Morgan fingerprint density at radius 3 is 2.31 bits per heavy atom. The zero-order valence-electron chi connectivity index (χ0n) is 15.3. The van der Waals surface area contributed by atoms with E-state index < -0.39 is 0 Å². The number of hydrogen-bond acceptors (Lipinski definition) is 2. The quantitative estimate of drug-likeness (QED) is 0.672. The summed E-state index contributed by atoms with van der Waals surface area (Å²) < 4.78 is 0.912. The molecule has 4 nitrogen and oxygen atoms in total. The molecule has 0 heterocycles. The van der Waals surface area contributed by atoms with E-state index in [2.05, 4.69) is 27.8 Å². The van der Waals surface area contributed by atoms with Gasteiger partial charge in [0.05, 0.1) is 0 Å². The van der Waals surface area contributed by atoms with Gasteiger partial charge < -0.3 is 10.2 Å². The zero-order chi connectivity index (χ0) is 19.3. The van der Waals surface area contributed by atoms with Gasteiger partial charge in [0.2, 0.25) is 0 Å². The maximum Gasteiger partial charge on any atom is 0.255 e. The molecular weight excluding hydrogens is 392 g/mol. The van der Waals surface area contributed by atoms with Crippen LogP contribution in [0.15, 0.2) is 59.1 Å². The molecule has 2 rings (SSSR count). The zero-order valence-corrected chi connectivity index (χ0v) is 16.9. The summed E-state index contributed by atoms with van der Waals surface area (Å²) in [5.41, 5.74) is 3.56. The van der Waals surface area contributed by atoms with Crippen LogP contribution in [-0.4, -0.2) is 29.8 Å². The van der Waals surface area contributed by atoms with Crippen LogP contribution in [0, 0.1) is 6.92 Å².